The molecule has 0 radical (unpaired) electrons. The Morgan fingerprint density at radius 1 is 1.80 bits per heavy atom. The fourth-order valence-corrected chi connectivity index (χ4v) is 0.418. The lowest BCUT2D eigenvalue weighted by molar-refractivity contribution is 0.207. The number of nitrogens with zero attached hydrogens (tertiary/aromatic N) is 1. The Kier molecular flexibility index (Phi) is 5.39. The smallest absolute Gasteiger partial charge is 0.243 e. The second-order valence-corrected chi connectivity index (χ2v) is 1.80. The van der Waals surface area contributed by atoms with E-state index in [-0.39, 0.29) is 5.88 Å². The van der Waals surface area contributed by atoms with Crippen molar-refractivity contribution >= 4 is 6.08 Å². The second-order valence-electron chi connectivity index (χ2n) is 1.80. The van der Waals surface area contributed by atoms with Gasteiger partial charge in [-0.2, -0.15) is 0 Å². The van der Waals surface area contributed by atoms with Gasteiger partial charge in [-0.25, -0.2) is 4.79 Å². The van der Waals surface area contributed by atoms with Crippen molar-refractivity contribution in [2.24, 2.45) is 4.99 Å². The first-order valence-corrected chi connectivity index (χ1v) is 3.20. The molecule has 0 aliphatic carbocycles. The molecular weight excluding hydrogens is 130 g/mol. The molecule has 0 aliphatic heterocycles. The topological polar surface area (TPSA) is 38.7 Å². The highest BCUT2D eigenvalue weighted by Gasteiger charge is 1.88. The van der Waals surface area contributed by atoms with Gasteiger partial charge in [0.25, 0.3) is 0 Å². The number of hydrogen-bond donors (Lipinski definition) is 0. The Morgan fingerprint density at radius 3 is 3.00 bits per heavy atom. The molecule has 0 N–H and O–H groups in total. The van der Waals surface area contributed by atoms with Gasteiger partial charge in [-0.05, 0) is 13.0 Å². The predicted octanol–water partition coefficient (Wildman–Crippen LogP) is 1.61. The van der Waals surface area contributed by atoms with Crippen molar-refractivity contribution in [1.82, 2.24) is 0 Å². The molecule has 0 unspecified atom stereocenters. The van der Waals surface area contributed by atoms with E-state index < -0.39 is 0 Å². The molecule has 0 heterocycles. The molecule has 0 aromatic rings. The summed E-state index contributed by atoms with van der Waals surface area (Å²) < 4.78 is 4.90. The largest absolute Gasteiger partial charge is 0.478 e. The van der Waals surface area contributed by atoms with Crippen LogP contribution in [0.25, 0.3) is 0 Å². The van der Waals surface area contributed by atoms with Gasteiger partial charge in [-0.15, -0.1) is 4.99 Å². The summed E-state index contributed by atoms with van der Waals surface area (Å²) in [7, 11) is 0. The first-order valence-electron chi connectivity index (χ1n) is 3.20. The molecule has 0 aliphatic rings. The number of carbonyl (C=O) groups excluding carboxylic acids is 1. The number of isocyanates is 1. The van der Waals surface area contributed by atoms with Crippen LogP contribution in [0.15, 0.2) is 17.5 Å². The number of hydrogen-bond acceptors (Lipinski definition) is 3. The van der Waals surface area contributed by atoms with Crippen LogP contribution < -0.4 is 0 Å². The minimum atomic E-state index is 0.142. The maximum absolute atomic E-state index is 9.62. The Hall–Kier alpha value is -1.08. The summed E-state index contributed by atoms with van der Waals surface area (Å²) in [6.45, 7) is 5.99. The zero-order valence-electron chi connectivity index (χ0n) is 6.09. The molecule has 0 fully saturated rings. The van der Waals surface area contributed by atoms with E-state index in [9.17, 15) is 4.79 Å². The van der Waals surface area contributed by atoms with E-state index in [2.05, 4.69) is 18.5 Å². The normalized spacial score (nSPS) is 8.10. The number of ether oxygens (including phenoxy) is 1. The molecule has 3 heteroatoms. The summed E-state index contributed by atoms with van der Waals surface area (Å²) in [6, 6.07) is 0. The van der Waals surface area contributed by atoms with Gasteiger partial charge in [-0.3, -0.25) is 0 Å². The van der Waals surface area contributed by atoms with Crippen molar-refractivity contribution in [3.8, 4) is 0 Å². The molecule has 0 saturated carbocycles. The monoisotopic (exact) mass is 141 g/mol. The van der Waals surface area contributed by atoms with Gasteiger partial charge in [0.1, 0.15) is 0 Å². The average Bonchev–Trinajstić information content (AvgIpc) is 1.89. The minimum Gasteiger partial charge on any atom is -0.478 e. The summed E-state index contributed by atoms with van der Waals surface area (Å²) in [4.78, 5) is 12.8. The molecular formula is C7H11NO2. The third kappa shape index (κ3) is 5.06. The van der Waals surface area contributed by atoms with Crippen LogP contribution in [-0.2, 0) is 9.53 Å². The van der Waals surface area contributed by atoms with E-state index in [1.165, 1.54) is 6.08 Å². The van der Waals surface area contributed by atoms with Crippen LogP contribution in [0.3, 0.4) is 0 Å². The van der Waals surface area contributed by atoms with Gasteiger partial charge in [0.2, 0.25) is 12.0 Å². The standard InChI is InChI=1S/C7H11NO2/c1-3-4-5-10-7(2)8-6-9/h2-5H2,1H3. The van der Waals surface area contributed by atoms with Crippen molar-refractivity contribution in [2.75, 3.05) is 6.61 Å². The van der Waals surface area contributed by atoms with Gasteiger partial charge < -0.3 is 4.74 Å². The van der Waals surface area contributed by atoms with Crippen molar-refractivity contribution in [3.63, 3.8) is 0 Å². The molecule has 0 rings (SSSR count). The number of aliphatic imine (C=N–C) groups is 1. The lowest BCUT2D eigenvalue weighted by Crippen LogP contribution is -1.90. The summed E-state index contributed by atoms with van der Waals surface area (Å²) >= 11 is 0. The lowest BCUT2D eigenvalue weighted by atomic mass is 10.4. The predicted molar refractivity (Wildman–Crippen MR) is 38.1 cm³/mol. The zero-order chi connectivity index (χ0) is 7.82. The van der Waals surface area contributed by atoms with Crippen LogP contribution in [0.4, 0.5) is 0 Å². The molecule has 10 heavy (non-hydrogen) atoms. The van der Waals surface area contributed by atoms with Crippen LogP contribution in [0, 0.1) is 0 Å². The third-order valence-corrected chi connectivity index (χ3v) is 0.937. The van der Waals surface area contributed by atoms with E-state index in [0.717, 1.165) is 12.8 Å². The number of unbranched alkanes of at least 4 members (excludes halogenated alkanes) is 1. The highest BCUT2D eigenvalue weighted by Crippen LogP contribution is 1.96. The highest BCUT2D eigenvalue weighted by atomic mass is 16.5. The van der Waals surface area contributed by atoms with Crippen molar-refractivity contribution < 1.29 is 9.53 Å². The molecule has 0 amide bonds. The maximum Gasteiger partial charge on any atom is 0.243 e. The summed E-state index contributed by atoms with van der Waals surface area (Å²) in [6.07, 6.45) is 3.35. The first kappa shape index (κ1) is 8.92. The quantitative estimate of drug-likeness (QED) is 0.252. The van der Waals surface area contributed by atoms with Crippen molar-refractivity contribution in [3.05, 3.63) is 12.5 Å². The SMILES string of the molecule is C=C(N=C=O)OCCCC. The summed E-state index contributed by atoms with van der Waals surface area (Å²) in [5.41, 5.74) is 0. The minimum absolute atomic E-state index is 0.142. The Balaban J connectivity index is 3.31. The molecule has 3 nitrogen and oxygen atoms in total. The van der Waals surface area contributed by atoms with Gasteiger partial charge in [0.15, 0.2) is 0 Å². The molecule has 0 atom stereocenters. The summed E-state index contributed by atoms with van der Waals surface area (Å²) in [5, 5.41) is 0. The lowest BCUT2D eigenvalue weighted by Gasteiger charge is -1.99. The maximum atomic E-state index is 9.62. The van der Waals surface area contributed by atoms with Gasteiger partial charge >= 0.3 is 0 Å². The molecule has 0 aromatic carbocycles. The second kappa shape index (κ2) is 6.05. The van der Waals surface area contributed by atoms with Crippen LogP contribution in [0.2, 0.25) is 0 Å². The zero-order valence-corrected chi connectivity index (χ0v) is 6.09. The van der Waals surface area contributed by atoms with Crippen LogP contribution in [0.1, 0.15) is 19.8 Å². The fourth-order valence-electron chi connectivity index (χ4n) is 0.418. The molecule has 0 aromatic heterocycles. The van der Waals surface area contributed by atoms with E-state index >= 15 is 0 Å². The average molecular weight is 141 g/mol. The van der Waals surface area contributed by atoms with Crippen molar-refractivity contribution in [1.29, 1.82) is 0 Å². The Labute approximate surface area is 60.4 Å². The Bertz CT molecular complexity index is 148. The van der Waals surface area contributed by atoms with E-state index in [1.54, 1.807) is 0 Å². The summed E-state index contributed by atoms with van der Waals surface area (Å²) in [5.74, 6) is 0.142. The van der Waals surface area contributed by atoms with Gasteiger partial charge in [-0.1, -0.05) is 13.3 Å². The van der Waals surface area contributed by atoms with E-state index in [0.29, 0.717) is 6.61 Å². The fraction of sp³-hybridized carbons (Fsp3) is 0.571. The van der Waals surface area contributed by atoms with Gasteiger partial charge in [0, 0.05) is 0 Å². The van der Waals surface area contributed by atoms with Crippen molar-refractivity contribution in [2.45, 2.75) is 19.8 Å². The molecule has 56 valence electrons. The first-order chi connectivity index (χ1) is 4.81. The van der Waals surface area contributed by atoms with Crippen LogP contribution in [0.5, 0.6) is 0 Å². The van der Waals surface area contributed by atoms with E-state index in [1.807, 2.05) is 0 Å². The Morgan fingerprint density at radius 2 is 2.50 bits per heavy atom. The molecule has 0 spiro atoms. The molecule has 0 saturated heterocycles. The van der Waals surface area contributed by atoms with Crippen LogP contribution >= 0.6 is 0 Å². The van der Waals surface area contributed by atoms with Crippen LogP contribution in [-0.4, -0.2) is 12.7 Å². The highest BCUT2D eigenvalue weighted by molar-refractivity contribution is 5.35. The van der Waals surface area contributed by atoms with E-state index in [4.69, 9.17) is 4.74 Å². The molecule has 0 bridgehead atoms. The number of rotatable bonds is 5. The van der Waals surface area contributed by atoms with Gasteiger partial charge in [0.05, 0.1) is 6.61 Å². The third-order valence-electron chi connectivity index (χ3n) is 0.937.